The molecule has 0 radical (unpaired) electrons. The summed E-state index contributed by atoms with van der Waals surface area (Å²) in [6.45, 7) is 1.79. The zero-order chi connectivity index (χ0) is 17.2. The van der Waals surface area contributed by atoms with Crippen molar-refractivity contribution in [3.05, 3.63) is 59.7 Å². The van der Waals surface area contributed by atoms with E-state index in [4.69, 9.17) is 4.74 Å². The highest BCUT2D eigenvalue weighted by Gasteiger charge is 2.30. The second-order valence-electron chi connectivity index (χ2n) is 6.94. The number of hydrogen-bond acceptors (Lipinski definition) is 3. The van der Waals surface area contributed by atoms with Gasteiger partial charge in [0.25, 0.3) is 0 Å². The summed E-state index contributed by atoms with van der Waals surface area (Å²) in [6.07, 6.45) is 1.64. The van der Waals surface area contributed by atoms with Crippen LogP contribution in [0.3, 0.4) is 0 Å². The Morgan fingerprint density at radius 1 is 1.08 bits per heavy atom. The zero-order valence-corrected chi connectivity index (χ0v) is 14.2. The van der Waals surface area contributed by atoms with Gasteiger partial charge < -0.3 is 14.7 Å². The zero-order valence-electron chi connectivity index (χ0n) is 14.2. The molecule has 1 aliphatic heterocycles. The molecule has 4 heteroatoms. The van der Waals surface area contributed by atoms with Crippen molar-refractivity contribution >= 4 is 6.09 Å². The fourth-order valence-electron chi connectivity index (χ4n) is 4.07. The lowest BCUT2D eigenvalue weighted by Gasteiger charge is -2.31. The maximum Gasteiger partial charge on any atom is 0.409 e. The summed E-state index contributed by atoms with van der Waals surface area (Å²) in [5.41, 5.74) is 4.92. The normalized spacial score (nSPS) is 19.4. The van der Waals surface area contributed by atoms with Crippen molar-refractivity contribution in [2.24, 2.45) is 5.92 Å². The first kappa shape index (κ1) is 16.2. The molecular weight excluding hydrogens is 314 g/mol. The Balaban J connectivity index is 1.49. The van der Waals surface area contributed by atoms with Crippen LogP contribution in [0, 0.1) is 5.92 Å². The molecule has 130 valence electrons. The van der Waals surface area contributed by atoms with Crippen LogP contribution in [0.5, 0.6) is 0 Å². The van der Waals surface area contributed by atoms with E-state index in [-0.39, 0.29) is 24.5 Å². The number of hydrogen-bond donors (Lipinski definition) is 1. The van der Waals surface area contributed by atoms with Crippen LogP contribution in [-0.4, -0.2) is 42.4 Å². The molecule has 1 saturated heterocycles. The van der Waals surface area contributed by atoms with E-state index < -0.39 is 0 Å². The third-order valence-corrected chi connectivity index (χ3v) is 5.37. The van der Waals surface area contributed by atoms with Gasteiger partial charge in [-0.05, 0) is 41.0 Å². The second-order valence-corrected chi connectivity index (χ2v) is 6.94. The van der Waals surface area contributed by atoms with Gasteiger partial charge in [0.05, 0.1) is 0 Å². The number of aliphatic hydroxyl groups excluding tert-OH is 1. The lowest BCUT2D eigenvalue weighted by Crippen LogP contribution is -2.41. The molecule has 4 nitrogen and oxygen atoms in total. The molecule has 1 atom stereocenters. The van der Waals surface area contributed by atoms with E-state index in [1.807, 2.05) is 24.3 Å². The van der Waals surface area contributed by atoms with Gasteiger partial charge in [0.15, 0.2) is 0 Å². The van der Waals surface area contributed by atoms with Gasteiger partial charge in [0.1, 0.15) is 6.61 Å². The molecule has 2 aromatic carbocycles. The fourth-order valence-corrected chi connectivity index (χ4v) is 4.07. The molecule has 0 bridgehead atoms. The van der Waals surface area contributed by atoms with Crippen LogP contribution >= 0.6 is 0 Å². The Hall–Kier alpha value is -2.33. The SMILES string of the molecule is O=C(OCC1c2ccccc2-c2ccccc21)N1CCC[C@H](CO)C1. The molecule has 2 aliphatic rings. The van der Waals surface area contributed by atoms with Gasteiger partial charge in [0.2, 0.25) is 0 Å². The number of piperidine rings is 1. The molecule has 0 aromatic heterocycles. The minimum atomic E-state index is -0.264. The fraction of sp³-hybridized carbons (Fsp3) is 0.381. The molecule has 25 heavy (non-hydrogen) atoms. The third-order valence-electron chi connectivity index (χ3n) is 5.37. The number of carbonyl (C=O) groups excluding carboxylic acids is 1. The Bertz CT molecular complexity index is 728. The summed E-state index contributed by atoms with van der Waals surface area (Å²) in [7, 11) is 0. The molecule has 0 unspecified atom stereocenters. The molecule has 1 fully saturated rings. The first-order valence-corrected chi connectivity index (χ1v) is 8.98. The number of amides is 1. The first-order valence-electron chi connectivity index (χ1n) is 8.98. The van der Waals surface area contributed by atoms with Crippen LogP contribution in [0.25, 0.3) is 11.1 Å². The number of carbonyl (C=O) groups is 1. The minimum absolute atomic E-state index is 0.0924. The van der Waals surface area contributed by atoms with Crippen LogP contribution in [0.1, 0.15) is 29.9 Å². The summed E-state index contributed by atoms with van der Waals surface area (Å²) in [5.74, 6) is 0.268. The predicted octanol–water partition coefficient (Wildman–Crippen LogP) is 3.64. The van der Waals surface area contributed by atoms with Gasteiger partial charge in [-0.15, -0.1) is 0 Å². The van der Waals surface area contributed by atoms with Gasteiger partial charge in [-0.25, -0.2) is 4.79 Å². The van der Waals surface area contributed by atoms with Crippen molar-refractivity contribution in [1.82, 2.24) is 4.90 Å². The van der Waals surface area contributed by atoms with Gasteiger partial charge in [-0.1, -0.05) is 48.5 Å². The van der Waals surface area contributed by atoms with Crippen molar-refractivity contribution in [3.63, 3.8) is 0 Å². The average Bonchev–Trinajstić information content (AvgIpc) is 3.00. The topological polar surface area (TPSA) is 49.8 Å². The van der Waals surface area contributed by atoms with Crippen molar-refractivity contribution in [2.45, 2.75) is 18.8 Å². The molecule has 4 rings (SSSR count). The summed E-state index contributed by atoms with van der Waals surface area (Å²) in [4.78, 5) is 14.2. The van der Waals surface area contributed by atoms with Gasteiger partial charge in [0, 0.05) is 25.6 Å². The Kier molecular flexibility index (Phi) is 4.45. The number of ether oxygens (including phenoxy) is 1. The highest BCUT2D eigenvalue weighted by Crippen LogP contribution is 2.44. The number of rotatable bonds is 3. The highest BCUT2D eigenvalue weighted by atomic mass is 16.6. The molecule has 0 spiro atoms. The predicted molar refractivity (Wildman–Crippen MR) is 96.5 cm³/mol. The smallest absolute Gasteiger partial charge is 0.409 e. The molecule has 2 aromatic rings. The third kappa shape index (κ3) is 3.02. The van der Waals surface area contributed by atoms with Gasteiger partial charge in [-0.3, -0.25) is 0 Å². The lowest BCUT2D eigenvalue weighted by atomic mass is 9.98. The molecule has 1 amide bonds. The number of benzene rings is 2. The molecule has 0 saturated carbocycles. The number of nitrogens with zero attached hydrogens (tertiary/aromatic N) is 1. The first-order chi connectivity index (χ1) is 12.3. The average molecular weight is 337 g/mol. The van der Waals surface area contributed by atoms with E-state index in [0.29, 0.717) is 19.7 Å². The molecule has 1 aliphatic carbocycles. The summed E-state index contributed by atoms with van der Waals surface area (Å²) >= 11 is 0. The maximum absolute atomic E-state index is 12.5. The molecule has 1 heterocycles. The molecular formula is C21H23NO3. The largest absolute Gasteiger partial charge is 0.448 e. The van der Waals surface area contributed by atoms with Crippen LogP contribution in [0.2, 0.25) is 0 Å². The van der Waals surface area contributed by atoms with E-state index in [9.17, 15) is 9.90 Å². The second kappa shape index (κ2) is 6.89. The van der Waals surface area contributed by atoms with Crippen molar-refractivity contribution < 1.29 is 14.6 Å². The van der Waals surface area contributed by atoms with Crippen LogP contribution in [0.4, 0.5) is 4.79 Å². The van der Waals surface area contributed by atoms with E-state index in [1.54, 1.807) is 4.90 Å². The standard InChI is InChI=1S/C21H23NO3/c23-13-15-6-5-11-22(12-15)21(24)25-14-20-18-9-3-1-7-16(18)17-8-2-4-10-19(17)20/h1-4,7-10,15,20,23H,5-6,11-14H2/t15-/m0/s1. The highest BCUT2D eigenvalue weighted by molar-refractivity contribution is 5.79. The monoisotopic (exact) mass is 337 g/mol. The van der Waals surface area contributed by atoms with Gasteiger partial charge >= 0.3 is 6.09 Å². The molecule has 1 N–H and O–H groups in total. The number of likely N-dealkylation sites (tertiary alicyclic amines) is 1. The van der Waals surface area contributed by atoms with Gasteiger partial charge in [-0.2, -0.15) is 0 Å². The van der Waals surface area contributed by atoms with Crippen LogP contribution in [0.15, 0.2) is 48.5 Å². The Labute approximate surface area is 148 Å². The summed E-state index contributed by atoms with van der Waals surface area (Å²) in [5, 5.41) is 9.33. The van der Waals surface area contributed by atoms with Crippen molar-refractivity contribution in [2.75, 3.05) is 26.3 Å². The lowest BCUT2D eigenvalue weighted by molar-refractivity contribution is 0.0713. The number of aliphatic hydroxyl groups is 1. The Morgan fingerprint density at radius 2 is 1.72 bits per heavy atom. The van der Waals surface area contributed by atoms with E-state index >= 15 is 0 Å². The van der Waals surface area contributed by atoms with Crippen LogP contribution in [-0.2, 0) is 4.74 Å². The summed E-state index contributed by atoms with van der Waals surface area (Å²) in [6, 6.07) is 16.7. The van der Waals surface area contributed by atoms with Crippen LogP contribution < -0.4 is 0 Å². The van der Waals surface area contributed by atoms with E-state index in [2.05, 4.69) is 24.3 Å². The van der Waals surface area contributed by atoms with Crippen molar-refractivity contribution in [1.29, 1.82) is 0 Å². The van der Waals surface area contributed by atoms with Crippen molar-refractivity contribution in [3.8, 4) is 11.1 Å². The summed E-state index contributed by atoms with van der Waals surface area (Å²) < 4.78 is 5.68. The number of fused-ring (bicyclic) bond motifs is 3. The van der Waals surface area contributed by atoms with E-state index in [1.165, 1.54) is 22.3 Å². The Morgan fingerprint density at radius 3 is 2.36 bits per heavy atom. The minimum Gasteiger partial charge on any atom is -0.448 e. The van der Waals surface area contributed by atoms with E-state index in [0.717, 1.165) is 12.8 Å². The quantitative estimate of drug-likeness (QED) is 0.930. The maximum atomic E-state index is 12.5.